The van der Waals surface area contributed by atoms with Gasteiger partial charge in [-0.1, -0.05) is 24.3 Å². The maximum Gasteiger partial charge on any atom is 0.329 e. The van der Waals surface area contributed by atoms with E-state index in [0.29, 0.717) is 19.1 Å². The smallest absolute Gasteiger partial charge is 0.329 e. The average Bonchev–Trinajstić information content (AvgIpc) is 2.85. The van der Waals surface area contributed by atoms with Crippen LogP contribution >= 0.6 is 0 Å². The molecule has 1 aromatic carbocycles. The van der Waals surface area contributed by atoms with Crippen LogP contribution in [0.1, 0.15) is 26.2 Å². The van der Waals surface area contributed by atoms with Crippen LogP contribution in [0.15, 0.2) is 41.2 Å². The van der Waals surface area contributed by atoms with E-state index in [0.717, 1.165) is 30.3 Å². The van der Waals surface area contributed by atoms with Gasteiger partial charge < -0.3 is 4.74 Å². The second kappa shape index (κ2) is 6.86. The van der Waals surface area contributed by atoms with E-state index in [9.17, 15) is 9.59 Å². The summed E-state index contributed by atoms with van der Waals surface area (Å²) in [5.74, 6) is 0.0540. The number of esters is 1. The third-order valence-corrected chi connectivity index (χ3v) is 4.39. The molecular formula is C18H22N2O3. The number of ether oxygens (including phenoxy) is 1. The molecule has 0 bridgehead atoms. The molecule has 0 saturated carbocycles. The van der Waals surface area contributed by atoms with E-state index in [-0.39, 0.29) is 18.2 Å². The van der Waals surface area contributed by atoms with Crippen molar-refractivity contribution in [2.24, 2.45) is 5.92 Å². The van der Waals surface area contributed by atoms with E-state index in [1.165, 1.54) is 4.57 Å². The molecule has 0 spiro atoms. The van der Waals surface area contributed by atoms with Gasteiger partial charge in [0.2, 0.25) is 0 Å². The molecule has 1 heterocycles. The molecule has 0 saturated heterocycles. The van der Waals surface area contributed by atoms with Crippen LogP contribution < -0.4 is 5.69 Å². The van der Waals surface area contributed by atoms with Crippen LogP contribution in [0.2, 0.25) is 0 Å². The molecule has 122 valence electrons. The summed E-state index contributed by atoms with van der Waals surface area (Å²) in [6, 6.07) is 7.53. The van der Waals surface area contributed by atoms with Crippen LogP contribution in [0, 0.1) is 5.92 Å². The van der Waals surface area contributed by atoms with E-state index < -0.39 is 0 Å². The Balaban J connectivity index is 1.73. The molecule has 0 fully saturated rings. The van der Waals surface area contributed by atoms with E-state index in [2.05, 4.69) is 12.2 Å². The minimum atomic E-state index is -0.347. The Morgan fingerprint density at radius 1 is 1.22 bits per heavy atom. The first-order chi connectivity index (χ1) is 11.2. The minimum absolute atomic E-state index is 0.0328. The lowest BCUT2D eigenvalue weighted by molar-refractivity contribution is -0.145. The first kappa shape index (κ1) is 15.6. The number of para-hydroxylation sites is 2. The van der Waals surface area contributed by atoms with Crippen molar-refractivity contribution in [3.8, 4) is 0 Å². The van der Waals surface area contributed by atoms with Gasteiger partial charge in [0.1, 0.15) is 6.54 Å². The van der Waals surface area contributed by atoms with Crippen molar-refractivity contribution < 1.29 is 9.53 Å². The predicted octanol–water partition coefficient (Wildman–Crippen LogP) is 2.72. The second-order valence-corrected chi connectivity index (χ2v) is 5.94. The summed E-state index contributed by atoms with van der Waals surface area (Å²) in [5, 5.41) is 0. The van der Waals surface area contributed by atoms with E-state index >= 15 is 0 Å². The number of hydrogen-bond donors (Lipinski definition) is 0. The highest BCUT2D eigenvalue weighted by molar-refractivity contribution is 5.78. The van der Waals surface area contributed by atoms with Crippen LogP contribution in [0.5, 0.6) is 0 Å². The Hall–Kier alpha value is -2.30. The number of aromatic nitrogens is 2. The fraction of sp³-hybridized carbons (Fsp3) is 0.444. The number of benzene rings is 1. The molecule has 0 amide bonds. The summed E-state index contributed by atoms with van der Waals surface area (Å²) >= 11 is 0. The van der Waals surface area contributed by atoms with Gasteiger partial charge in [-0.3, -0.25) is 13.9 Å². The topological polar surface area (TPSA) is 53.2 Å². The Labute approximate surface area is 135 Å². The molecule has 23 heavy (non-hydrogen) atoms. The molecule has 3 rings (SSSR count). The van der Waals surface area contributed by atoms with Crippen molar-refractivity contribution in [1.29, 1.82) is 0 Å². The second-order valence-electron chi connectivity index (χ2n) is 5.94. The number of fused-ring (bicyclic) bond motifs is 1. The molecule has 0 radical (unpaired) electrons. The molecule has 1 atom stereocenters. The normalized spacial score (nSPS) is 17.5. The zero-order valence-electron chi connectivity index (χ0n) is 13.4. The SMILES string of the molecule is CCn1c(=O)n(CC(=O)OCC2CC=CCC2)c2ccccc21. The predicted molar refractivity (Wildman–Crippen MR) is 89.3 cm³/mol. The number of aryl methyl sites for hydroxylation is 1. The lowest BCUT2D eigenvalue weighted by Crippen LogP contribution is -2.28. The van der Waals surface area contributed by atoms with Gasteiger partial charge in [0, 0.05) is 6.54 Å². The number of hydrogen-bond acceptors (Lipinski definition) is 3. The monoisotopic (exact) mass is 314 g/mol. The first-order valence-electron chi connectivity index (χ1n) is 8.19. The van der Waals surface area contributed by atoms with Crippen LogP contribution in [0.25, 0.3) is 11.0 Å². The summed E-state index contributed by atoms with van der Waals surface area (Å²) in [6.45, 7) is 2.90. The van der Waals surface area contributed by atoms with Crippen molar-refractivity contribution in [3.05, 3.63) is 46.9 Å². The zero-order chi connectivity index (χ0) is 16.2. The van der Waals surface area contributed by atoms with Gasteiger partial charge in [-0.25, -0.2) is 4.79 Å². The molecule has 1 aliphatic rings. The molecule has 5 nitrogen and oxygen atoms in total. The first-order valence-corrected chi connectivity index (χ1v) is 8.19. The Morgan fingerprint density at radius 3 is 2.61 bits per heavy atom. The van der Waals surface area contributed by atoms with E-state index in [1.54, 1.807) is 4.57 Å². The van der Waals surface area contributed by atoms with Crippen molar-refractivity contribution >= 4 is 17.0 Å². The Morgan fingerprint density at radius 2 is 1.96 bits per heavy atom. The molecule has 2 aromatic rings. The number of rotatable bonds is 5. The molecule has 5 heteroatoms. The van der Waals surface area contributed by atoms with Crippen LogP contribution in [0.3, 0.4) is 0 Å². The number of imidazole rings is 1. The van der Waals surface area contributed by atoms with Crippen LogP contribution in [0.4, 0.5) is 0 Å². The molecule has 0 N–H and O–H groups in total. The quantitative estimate of drug-likeness (QED) is 0.630. The van der Waals surface area contributed by atoms with Gasteiger partial charge in [0.15, 0.2) is 0 Å². The van der Waals surface area contributed by atoms with E-state index in [4.69, 9.17) is 4.74 Å². The number of nitrogens with zero attached hydrogens (tertiary/aromatic N) is 2. The summed E-state index contributed by atoms with van der Waals surface area (Å²) in [4.78, 5) is 24.6. The third-order valence-electron chi connectivity index (χ3n) is 4.39. The third kappa shape index (κ3) is 3.23. The van der Waals surface area contributed by atoms with Gasteiger partial charge in [-0.05, 0) is 44.2 Å². The largest absolute Gasteiger partial charge is 0.464 e. The van der Waals surface area contributed by atoms with Crippen molar-refractivity contribution in [2.75, 3.05) is 6.61 Å². The number of carbonyl (C=O) groups excluding carboxylic acids is 1. The van der Waals surface area contributed by atoms with Gasteiger partial charge in [-0.2, -0.15) is 0 Å². The summed E-state index contributed by atoms with van der Waals surface area (Å²) in [7, 11) is 0. The molecule has 0 aliphatic heterocycles. The number of allylic oxidation sites excluding steroid dienone is 2. The maximum absolute atomic E-state index is 12.5. The average molecular weight is 314 g/mol. The van der Waals surface area contributed by atoms with Crippen molar-refractivity contribution in [2.45, 2.75) is 39.3 Å². The highest BCUT2D eigenvalue weighted by atomic mass is 16.5. The Kier molecular flexibility index (Phi) is 4.65. The molecule has 1 unspecified atom stereocenters. The van der Waals surface area contributed by atoms with Crippen LogP contribution in [-0.2, 0) is 22.6 Å². The zero-order valence-corrected chi connectivity index (χ0v) is 13.4. The van der Waals surface area contributed by atoms with Crippen molar-refractivity contribution in [3.63, 3.8) is 0 Å². The number of carbonyl (C=O) groups is 1. The van der Waals surface area contributed by atoms with Crippen LogP contribution in [-0.4, -0.2) is 21.7 Å². The lowest BCUT2D eigenvalue weighted by atomic mass is 9.95. The summed E-state index contributed by atoms with van der Waals surface area (Å²) < 4.78 is 8.57. The fourth-order valence-electron chi connectivity index (χ4n) is 3.12. The van der Waals surface area contributed by atoms with Gasteiger partial charge in [0.25, 0.3) is 0 Å². The fourth-order valence-corrected chi connectivity index (χ4v) is 3.12. The van der Waals surface area contributed by atoms with Crippen molar-refractivity contribution in [1.82, 2.24) is 9.13 Å². The van der Waals surface area contributed by atoms with Gasteiger partial charge in [0.05, 0.1) is 17.6 Å². The van der Waals surface area contributed by atoms with E-state index in [1.807, 2.05) is 31.2 Å². The standard InChI is InChI=1S/C18H22N2O3/c1-2-19-15-10-6-7-11-16(15)20(18(19)22)12-17(21)23-13-14-8-4-3-5-9-14/h3-4,6-7,10-11,14H,2,5,8-9,12-13H2,1H3. The van der Waals surface area contributed by atoms with Gasteiger partial charge >= 0.3 is 11.7 Å². The highest BCUT2D eigenvalue weighted by Crippen LogP contribution is 2.18. The highest BCUT2D eigenvalue weighted by Gasteiger charge is 2.17. The maximum atomic E-state index is 12.5. The molecule has 1 aliphatic carbocycles. The molecule has 1 aromatic heterocycles. The minimum Gasteiger partial charge on any atom is -0.464 e. The summed E-state index contributed by atoms with van der Waals surface area (Å²) in [5.41, 5.74) is 1.47. The Bertz CT molecular complexity index is 785. The molecular weight excluding hydrogens is 292 g/mol. The lowest BCUT2D eigenvalue weighted by Gasteiger charge is -2.17. The van der Waals surface area contributed by atoms with Gasteiger partial charge in [-0.15, -0.1) is 0 Å². The summed E-state index contributed by atoms with van der Waals surface area (Å²) in [6.07, 6.45) is 7.37.